The monoisotopic (exact) mass is 483 g/mol. The number of benzene rings is 1. The van der Waals surface area contributed by atoms with Gasteiger partial charge in [-0.1, -0.05) is 24.3 Å². The first kappa shape index (κ1) is 23.1. The van der Waals surface area contributed by atoms with Crippen molar-refractivity contribution >= 4 is 28.6 Å². The van der Waals surface area contributed by atoms with Gasteiger partial charge in [-0.25, -0.2) is 14.2 Å². The van der Waals surface area contributed by atoms with Gasteiger partial charge in [0.1, 0.15) is 11.7 Å². The Balaban J connectivity index is 1.30. The zero-order chi connectivity index (χ0) is 25.2. The highest BCUT2D eigenvalue weighted by Crippen LogP contribution is 2.27. The summed E-state index contributed by atoms with van der Waals surface area (Å²) in [5, 5.41) is 12.9. The van der Waals surface area contributed by atoms with Crippen LogP contribution in [0.3, 0.4) is 0 Å². The van der Waals surface area contributed by atoms with Crippen LogP contribution in [0.15, 0.2) is 83.8 Å². The zero-order valence-electron chi connectivity index (χ0n) is 19.1. The average Bonchev–Trinajstić information content (AvgIpc) is 2.86. The zero-order valence-corrected chi connectivity index (χ0v) is 19.1. The van der Waals surface area contributed by atoms with Gasteiger partial charge < -0.3 is 16.2 Å². The molecule has 1 aliphatic heterocycles. The van der Waals surface area contributed by atoms with Crippen LogP contribution in [0.4, 0.5) is 4.39 Å². The van der Waals surface area contributed by atoms with Crippen LogP contribution in [0.25, 0.3) is 10.9 Å². The fraction of sp³-hybridized carbons (Fsp3) is 0.148. The third-order valence-corrected chi connectivity index (χ3v) is 6.17. The van der Waals surface area contributed by atoms with E-state index < -0.39 is 11.8 Å². The second kappa shape index (κ2) is 9.53. The predicted molar refractivity (Wildman–Crippen MR) is 133 cm³/mol. The van der Waals surface area contributed by atoms with Crippen molar-refractivity contribution in [1.29, 1.82) is 0 Å². The second-order valence-electron chi connectivity index (χ2n) is 8.67. The molecule has 1 aromatic carbocycles. The van der Waals surface area contributed by atoms with Gasteiger partial charge in [-0.2, -0.15) is 0 Å². The Bertz CT molecular complexity index is 1510. The smallest absolute Gasteiger partial charge is 0.337 e. The number of nitrogens with zero attached hydrogens (tertiary/aromatic N) is 3. The molecule has 1 aliphatic carbocycles. The third kappa shape index (κ3) is 4.76. The van der Waals surface area contributed by atoms with Crippen LogP contribution >= 0.6 is 0 Å². The maximum absolute atomic E-state index is 13.7. The molecule has 4 N–H and O–H groups in total. The lowest BCUT2D eigenvalue weighted by molar-refractivity contribution is 0.0698. The average molecular weight is 484 g/mol. The van der Waals surface area contributed by atoms with E-state index in [9.17, 15) is 19.1 Å². The highest BCUT2D eigenvalue weighted by atomic mass is 19.1. The summed E-state index contributed by atoms with van der Waals surface area (Å²) in [5.41, 5.74) is 8.74. The van der Waals surface area contributed by atoms with E-state index in [0.29, 0.717) is 34.6 Å². The Morgan fingerprint density at radius 3 is 2.83 bits per heavy atom. The number of allylic oxidation sites excluding steroid dienone is 2. The number of carboxylic acids is 1. The minimum Gasteiger partial charge on any atom is -0.478 e. The number of carbonyl (C=O) groups is 2. The number of nitrogens with one attached hydrogen (secondary N) is 1. The van der Waals surface area contributed by atoms with Crippen molar-refractivity contribution in [3.8, 4) is 0 Å². The molecule has 180 valence electrons. The summed E-state index contributed by atoms with van der Waals surface area (Å²) in [5.74, 6) is -1.23. The summed E-state index contributed by atoms with van der Waals surface area (Å²) >= 11 is 0. The van der Waals surface area contributed by atoms with Crippen molar-refractivity contribution in [1.82, 2.24) is 15.3 Å². The highest BCUT2D eigenvalue weighted by molar-refractivity contribution is 6.02. The number of fused-ring (bicyclic) bond motifs is 2. The lowest BCUT2D eigenvalue weighted by atomic mass is 9.84. The quantitative estimate of drug-likeness (QED) is 0.493. The molecule has 5 rings (SSSR count). The standard InChI is InChI=1S/C27H22FN5O3/c28-20-11-19-8-16(10-23(27(35)36)24(19)32-14-20)9-21-12-18(4-5-30-21)26(34)33-13-15-1-2-22-17(7-15)3-6-31-25(22)29/h1-8,10-12,14,17,22H,9,13H2,(H2,29,31)(H,33,34)(H,35,36). The van der Waals surface area contributed by atoms with Crippen molar-refractivity contribution in [2.24, 2.45) is 22.6 Å². The number of aliphatic imine (C=N–C) groups is 1. The highest BCUT2D eigenvalue weighted by Gasteiger charge is 2.24. The third-order valence-electron chi connectivity index (χ3n) is 6.17. The number of carbonyl (C=O) groups excluding carboxylic acids is 1. The van der Waals surface area contributed by atoms with Gasteiger partial charge in [0.2, 0.25) is 0 Å². The van der Waals surface area contributed by atoms with Crippen LogP contribution in [-0.4, -0.2) is 39.3 Å². The number of aromatic carboxylic acids is 1. The predicted octanol–water partition coefficient (Wildman–Crippen LogP) is 3.40. The van der Waals surface area contributed by atoms with Gasteiger partial charge in [-0.05, 0) is 41.5 Å². The molecule has 3 aromatic rings. The van der Waals surface area contributed by atoms with E-state index in [2.05, 4.69) is 26.4 Å². The molecule has 0 saturated carbocycles. The van der Waals surface area contributed by atoms with E-state index in [1.165, 1.54) is 18.3 Å². The lowest BCUT2D eigenvalue weighted by Gasteiger charge is -2.25. The molecule has 9 heteroatoms. The number of rotatable bonds is 6. The Hall–Kier alpha value is -4.66. The van der Waals surface area contributed by atoms with E-state index in [1.807, 2.05) is 18.2 Å². The van der Waals surface area contributed by atoms with Crippen LogP contribution in [0.5, 0.6) is 0 Å². The molecule has 2 atom stereocenters. The van der Waals surface area contributed by atoms with Crippen molar-refractivity contribution < 1.29 is 19.1 Å². The Morgan fingerprint density at radius 2 is 2.00 bits per heavy atom. The first-order valence-corrected chi connectivity index (χ1v) is 11.3. The van der Waals surface area contributed by atoms with Crippen LogP contribution in [0.2, 0.25) is 0 Å². The fourth-order valence-corrected chi connectivity index (χ4v) is 4.43. The first-order valence-electron chi connectivity index (χ1n) is 11.3. The summed E-state index contributed by atoms with van der Waals surface area (Å²) < 4.78 is 13.7. The Morgan fingerprint density at radius 1 is 1.14 bits per heavy atom. The van der Waals surface area contributed by atoms with E-state index in [1.54, 1.807) is 24.4 Å². The number of hydrogen-bond donors (Lipinski definition) is 3. The van der Waals surface area contributed by atoms with Gasteiger partial charge in [-0.3, -0.25) is 14.8 Å². The van der Waals surface area contributed by atoms with E-state index in [0.717, 1.165) is 11.8 Å². The number of amides is 1. The number of carboxylic acid groups (broad SMARTS) is 1. The first-order chi connectivity index (χ1) is 17.4. The summed E-state index contributed by atoms with van der Waals surface area (Å²) in [6.07, 6.45) is 12.5. The molecule has 0 spiro atoms. The number of halogens is 1. The van der Waals surface area contributed by atoms with E-state index in [-0.39, 0.29) is 35.2 Å². The Labute approximate surface area is 205 Å². The van der Waals surface area contributed by atoms with E-state index >= 15 is 0 Å². The van der Waals surface area contributed by atoms with Crippen LogP contribution in [0.1, 0.15) is 32.0 Å². The van der Waals surface area contributed by atoms with Gasteiger partial charge >= 0.3 is 5.97 Å². The molecule has 0 fully saturated rings. The molecule has 0 bridgehead atoms. The molecule has 2 aliphatic rings. The van der Waals surface area contributed by atoms with Crippen molar-refractivity contribution in [2.45, 2.75) is 6.42 Å². The van der Waals surface area contributed by atoms with Crippen LogP contribution < -0.4 is 11.1 Å². The van der Waals surface area contributed by atoms with Crippen molar-refractivity contribution in [3.63, 3.8) is 0 Å². The molecule has 0 radical (unpaired) electrons. The van der Waals surface area contributed by atoms with Gasteiger partial charge in [0.15, 0.2) is 0 Å². The van der Waals surface area contributed by atoms with Crippen molar-refractivity contribution in [3.05, 3.63) is 107 Å². The molecule has 1 amide bonds. The minimum atomic E-state index is -1.15. The molecule has 0 saturated heterocycles. The topological polar surface area (TPSA) is 131 Å². The number of hydrogen-bond acceptors (Lipinski definition) is 6. The van der Waals surface area contributed by atoms with Gasteiger partial charge in [0, 0.05) is 53.8 Å². The van der Waals surface area contributed by atoms with Gasteiger partial charge in [-0.15, -0.1) is 0 Å². The summed E-state index contributed by atoms with van der Waals surface area (Å²) in [7, 11) is 0. The molecular weight excluding hydrogens is 461 g/mol. The lowest BCUT2D eigenvalue weighted by Crippen LogP contribution is -2.32. The van der Waals surface area contributed by atoms with Crippen LogP contribution in [-0.2, 0) is 6.42 Å². The normalized spacial score (nSPS) is 18.4. The molecular formula is C27H22FN5O3. The number of nitrogens with two attached hydrogens (primary N) is 1. The van der Waals surface area contributed by atoms with Gasteiger partial charge in [0.25, 0.3) is 5.91 Å². The number of pyridine rings is 2. The summed E-state index contributed by atoms with van der Waals surface area (Å²) in [4.78, 5) is 36.9. The van der Waals surface area contributed by atoms with E-state index in [4.69, 9.17) is 5.73 Å². The van der Waals surface area contributed by atoms with Gasteiger partial charge in [0.05, 0.1) is 17.3 Å². The summed E-state index contributed by atoms with van der Waals surface area (Å²) in [6, 6.07) is 7.70. The van der Waals surface area contributed by atoms with Crippen molar-refractivity contribution in [2.75, 3.05) is 6.54 Å². The molecule has 36 heavy (non-hydrogen) atoms. The molecule has 2 unspecified atom stereocenters. The second-order valence-corrected chi connectivity index (χ2v) is 8.67. The Kier molecular flexibility index (Phi) is 6.12. The SMILES string of the molecule is NC1=NC=CC2C=C(CNC(=O)c3ccnc(Cc4cc(C(=O)O)c5ncc(F)cc5c4)c3)C=CC12. The van der Waals surface area contributed by atoms with Crippen LogP contribution in [0, 0.1) is 17.7 Å². The fourth-order valence-electron chi connectivity index (χ4n) is 4.43. The molecule has 8 nitrogen and oxygen atoms in total. The molecule has 2 aromatic heterocycles. The largest absolute Gasteiger partial charge is 0.478 e. The number of aromatic nitrogens is 2. The number of amidine groups is 1. The maximum atomic E-state index is 13.7. The summed E-state index contributed by atoms with van der Waals surface area (Å²) in [6.45, 7) is 0.353. The minimum absolute atomic E-state index is 0.0201. The molecule has 3 heterocycles. The maximum Gasteiger partial charge on any atom is 0.337 e.